The first-order valence-electron chi connectivity index (χ1n) is 10.1. The van der Waals surface area contributed by atoms with E-state index in [0.717, 1.165) is 10.6 Å². The topological polar surface area (TPSA) is 135 Å². The molecule has 0 fully saturated rings. The molecular formula is C22H23ClN4O6S2. The van der Waals surface area contributed by atoms with E-state index in [1.807, 2.05) is 0 Å². The van der Waals surface area contributed by atoms with Gasteiger partial charge in [0.05, 0.1) is 35.8 Å². The molecule has 3 rings (SSSR count). The Hall–Kier alpha value is -3.35. The molecule has 1 aromatic heterocycles. The van der Waals surface area contributed by atoms with Gasteiger partial charge in [-0.15, -0.1) is 0 Å². The number of pyridine rings is 1. The minimum Gasteiger partial charge on any atom is -0.495 e. The SMILES string of the molecule is COc1ccc(Cl)cc1N([C@H](C)C(=O)Nc1ccc(S(=O)(=O)Nc2cccnc2)cc1)S(C)(=O)=O. The van der Waals surface area contributed by atoms with Gasteiger partial charge in [0, 0.05) is 16.9 Å². The van der Waals surface area contributed by atoms with E-state index in [-0.39, 0.29) is 27.0 Å². The fraction of sp³-hybridized carbons (Fsp3) is 0.182. The quantitative estimate of drug-likeness (QED) is 0.426. The molecule has 3 aromatic rings. The average Bonchev–Trinajstić information content (AvgIpc) is 2.79. The summed E-state index contributed by atoms with van der Waals surface area (Å²) in [6, 6.07) is 11.8. The van der Waals surface area contributed by atoms with Crippen LogP contribution in [0.15, 0.2) is 71.9 Å². The van der Waals surface area contributed by atoms with Crippen LogP contribution in [0.5, 0.6) is 5.75 Å². The molecule has 13 heteroatoms. The molecule has 1 heterocycles. The van der Waals surface area contributed by atoms with Crippen molar-refractivity contribution < 1.29 is 26.4 Å². The number of hydrogen-bond donors (Lipinski definition) is 2. The number of benzene rings is 2. The first-order valence-corrected chi connectivity index (χ1v) is 13.8. The Morgan fingerprint density at radius 1 is 1.06 bits per heavy atom. The highest BCUT2D eigenvalue weighted by Gasteiger charge is 2.31. The smallest absolute Gasteiger partial charge is 0.261 e. The second-order valence-corrected chi connectivity index (χ2v) is 11.4. The molecule has 0 aliphatic rings. The Morgan fingerprint density at radius 3 is 2.31 bits per heavy atom. The van der Waals surface area contributed by atoms with Gasteiger partial charge in [0.15, 0.2) is 0 Å². The van der Waals surface area contributed by atoms with Crippen LogP contribution in [0.25, 0.3) is 0 Å². The largest absolute Gasteiger partial charge is 0.495 e. The number of carbonyl (C=O) groups excluding carboxylic acids is 1. The van der Waals surface area contributed by atoms with Gasteiger partial charge in [0.25, 0.3) is 10.0 Å². The van der Waals surface area contributed by atoms with E-state index in [0.29, 0.717) is 5.69 Å². The lowest BCUT2D eigenvalue weighted by molar-refractivity contribution is -0.116. The third-order valence-corrected chi connectivity index (χ3v) is 7.67. The molecule has 0 radical (unpaired) electrons. The summed E-state index contributed by atoms with van der Waals surface area (Å²) in [4.78, 5) is 16.8. The van der Waals surface area contributed by atoms with Gasteiger partial charge in [-0.1, -0.05) is 11.6 Å². The molecular weight excluding hydrogens is 516 g/mol. The lowest BCUT2D eigenvalue weighted by atomic mass is 10.2. The Kier molecular flexibility index (Phi) is 7.88. The van der Waals surface area contributed by atoms with Gasteiger partial charge < -0.3 is 10.1 Å². The number of rotatable bonds is 9. The van der Waals surface area contributed by atoms with Crippen LogP contribution in [0.3, 0.4) is 0 Å². The van der Waals surface area contributed by atoms with Gasteiger partial charge >= 0.3 is 0 Å². The van der Waals surface area contributed by atoms with Crippen LogP contribution in [-0.4, -0.2) is 47.1 Å². The number of nitrogens with one attached hydrogen (secondary N) is 2. The summed E-state index contributed by atoms with van der Waals surface area (Å²) >= 11 is 6.05. The van der Waals surface area contributed by atoms with Crippen LogP contribution >= 0.6 is 11.6 Å². The van der Waals surface area contributed by atoms with E-state index in [2.05, 4.69) is 15.0 Å². The third-order valence-electron chi connectivity index (χ3n) is 4.81. The molecule has 10 nitrogen and oxygen atoms in total. The number of nitrogens with zero attached hydrogens (tertiary/aromatic N) is 2. The molecule has 0 spiro atoms. The third kappa shape index (κ3) is 6.41. The number of halogens is 1. The van der Waals surface area contributed by atoms with Crippen molar-refractivity contribution >= 4 is 54.6 Å². The molecule has 2 aromatic carbocycles. The van der Waals surface area contributed by atoms with Crippen molar-refractivity contribution in [2.75, 3.05) is 27.7 Å². The number of hydrogen-bond acceptors (Lipinski definition) is 7. The highest BCUT2D eigenvalue weighted by molar-refractivity contribution is 7.92. The molecule has 1 atom stereocenters. The Morgan fingerprint density at radius 2 is 1.74 bits per heavy atom. The van der Waals surface area contributed by atoms with Crippen LogP contribution in [-0.2, 0) is 24.8 Å². The van der Waals surface area contributed by atoms with Crippen LogP contribution in [0.1, 0.15) is 6.92 Å². The molecule has 35 heavy (non-hydrogen) atoms. The second kappa shape index (κ2) is 10.5. The molecule has 0 unspecified atom stereocenters. The van der Waals surface area contributed by atoms with E-state index in [9.17, 15) is 21.6 Å². The van der Waals surface area contributed by atoms with E-state index < -0.39 is 32.0 Å². The van der Waals surface area contributed by atoms with Crippen molar-refractivity contribution in [3.05, 3.63) is 72.0 Å². The highest BCUT2D eigenvalue weighted by Crippen LogP contribution is 2.34. The molecule has 0 saturated heterocycles. The fourth-order valence-corrected chi connectivity index (χ4v) is 5.60. The van der Waals surface area contributed by atoms with E-state index in [1.54, 1.807) is 12.1 Å². The lowest BCUT2D eigenvalue weighted by Gasteiger charge is -2.29. The van der Waals surface area contributed by atoms with Crippen LogP contribution in [0, 0.1) is 0 Å². The van der Waals surface area contributed by atoms with Gasteiger partial charge in [0.2, 0.25) is 15.9 Å². The van der Waals surface area contributed by atoms with E-state index in [4.69, 9.17) is 16.3 Å². The molecule has 0 saturated carbocycles. The zero-order valence-electron chi connectivity index (χ0n) is 19.0. The van der Waals surface area contributed by atoms with Gasteiger partial charge in [-0.05, 0) is 61.5 Å². The number of anilines is 3. The summed E-state index contributed by atoms with van der Waals surface area (Å²) < 4.78 is 58.9. The predicted octanol–water partition coefficient (Wildman–Crippen LogP) is 3.34. The number of ether oxygens (including phenoxy) is 1. The van der Waals surface area contributed by atoms with E-state index >= 15 is 0 Å². The van der Waals surface area contributed by atoms with Gasteiger partial charge in [-0.2, -0.15) is 0 Å². The first-order chi connectivity index (χ1) is 16.4. The van der Waals surface area contributed by atoms with E-state index in [1.165, 1.54) is 68.9 Å². The summed E-state index contributed by atoms with van der Waals surface area (Å²) in [5.74, 6) is -0.434. The Balaban J connectivity index is 1.81. The van der Waals surface area contributed by atoms with Gasteiger partial charge in [-0.25, -0.2) is 16.8 Å². The van der Waals surface area contributed by atoms with Crippen LogP contribution < -0.4 is 19.1 Å². The Bertz CT molecular complexity index is 1420. The minimum atomic E-state index is -3.92. The Labute approximate surface area is 209 Å². The molecule has 186 valence electrons. The fourth-order valence-electron chi connectivity index (χ4n) is 3.22. The average molecular weight is 539 g/mol. The molecule has 0 bridgehead atoms. The maximum Gasteiger partial charge on any atom is 0.261 e. The molecule has 2 N–H and O–H groups in total. The zero-order valence-corrected chi connectivity index (χ0v) is 21.4. The summed E-state index contributed by atoms with van der Waals surface area (Å²) in [7, 11) is -6.42. The monoisotopic (exact) mass is 538 g/mol. The summed E-state index contributed by atoms with van der Waals surface area (Å²) in [5, 5.41) is 2.86. The number of methoxy groups -OCH3 is 1. The summed E-state index contributed by atoms with van der Waals surface area (Å²) in [5.41, 5.74) is 0.678. The van der Waals surface area contributed by atoms with Crippen molar-refractivity contribution in [2.24, 2.45) is 0 Å². The maximum atomic E-state index is 13.0. The maximum absolute atomic E-state index is 13.0. The highest BCUT2D eigenvalue weighted by atomic mass is 35.5. The summed E-state index contributed by atoms with van der Waals surface area (Å²) in [6.45, 7) is 1.41. The number of carbonyl (C=O) groups is 1. The number of amides is 1. The standard InChI is InChI=1S/C22H23ClN4O6S2/c1-15(27(34(3,29)30)20-13-16(23)6-11-21(20)33-2)22(28)25-17-7-9-19(10-8-17)35(31,32)26-18-5-4-12-24-14-18/h4-15,26H,1-3H3,(H,25,28)/t15-/m1/s1. The lowest BCUT2D eigenvalue weighted by Crippen LogP contribution is -2.45. The van der Waals surface area contributed by atoms with Crippen molar-refractivity contribution in [1.29, 1.82) is 0 Å². The normalized spacial score (nSPS) is 12.5. The van der Waals surface area contributed by atoms with Crippen LogP contribution in [0.2, 0.25) is 5.02 Å². The molecule has 0 aliphatic carbocycles. The minimum absolute atomic E-state index is 0.0335. The molecule has 0 aliphatic heterocycles. The van der Waals surface area contributed by atoms with Crippen molar-refractivity contribution in [2.45, 2.75) is 17.9 Å². The molecule has 1 amide bonds. The number of aromatic nitrogens is 1. The van der Waals surface area contributed by atoms with Gasteiger partial charge in [-0.3, -0.25) is 18.8 Å². The van der Waals surface area contributed by atoms with Crippen LogP contribution in [0.4, 0.5) is 17.1 Å². The van der Waals surface area contributed by atoms with Crippen molar-refractivity contribution in [3.8, 4) is 5.75 Å². The van der Waals surface area contributed by atoms with Crippen molar-refractivity contribution in [3.63, 3.8) is 0 Å². The second-order valence-electron chi connectivity index (χ2n) is 7.41. The van der Waals surface area contributed by atoms with Gasteiger partial charge in [0.1, 0.15) is 11.8 Å². The number of sulfonamides is 2. The summed E-state index contributed by atoms with van der Waals surface area (Å²) in [6.07, 6.45) is 3.85. The predicted molar refractivity (Wildman–Crippen MR) is 135 cm³/mol. The zero-order chi connectivity index (χ0) is 25.8. The first kappa shape index (κ1) is 26.3. The van der Waals surface area contributed by atoms with Crippen molar-refractivity contribution in [1.82, 2.24) is 4.98 Å².